The van der Waals surface area contributed by atoms with Crippen molar-refractivity contribution in [3.05, 3.63) is 70.8 Å². The van der Waals surface area contributed by atoms with Gasteiger partial charge in [-0.25, -0.2) is 0 Å². The van der Waals surface area contributed by atoms with Gasteiger partial charge in [-0.15, -0.1) is 0 Å². The van der Waals surface area contributed by atoms with Gasteiger partial charge >= 0.3 is 0 Å². The molecule has 0 saturated heterocycles. The van der Waals surface area contributed by atoms with Gasteiger partial charge in [-0.3, -0.25) is 9.59 Å². The third-order valence-electron chi connectivity index (χ3n) is 5.51. The molecule has 0 spiro atoms. The first-order chi connectivity index (χ1) is 14.3. The fourth-order valence-corrected chi connectivity index (χ4v) is 3.78. The lowest BCUT2D eigenvalue weighted by Crippen LogP contribution is -2.52. The minimum absolute atomic E-state index is 0.00193. The maximum absolute atomic E-state index is 13.4. The number of hydrogen-bond donors (Lipinski definition) is 1. The van der Waals surface area contributed by atoms with Crippen LogP contribution in [0, 0.1) is 13.8 Å². The zero-order valence-electron chi connectivity index (χ0n) is 19.1. The molecule has 2 aromatic rings. The lowest BCUT2D eigenvalue weighted by Gasteiger charge is -2.31. The smallest absolute Gasteiger partial charge is 0.243 e. The summed E-state index contributed by atoms with van der Waals surface area (Å²) in [7, 11) is 0. The fourth-order valence-electron chi connectivity index (χ4n) is 3.78. The van der Waals surface area contributed by atoms with E-state index >= 15 is 0 Å². The summed E-state index contributed by atoms with van der Waals surface area (Å²) >= 11 is 0. The molecule has 2 amide bonds. The third-order valence-corrected chi connectivity index (χ3v) is 5.51. The number of nitrogens with one attached hydrogen (secondary N) is 1. The highest BCUT2D eigenvalue weighted by Gasteiger charge is 2.28. The first kappa shape index (κ1) is 23.7. The van der Waals surface area contributed by atoms with Crippen LogP contribution in [-0.2, 0) is 22.4 Å². The molecule has 0 heterocycles. The molecule has 4 nitrogen and oxygen atoms in total. The molecule has 162 valence electrons. The van der Waals surface area contributed by atoms with E-state index in [1.807, 2.05) is 52.8 Å². The Morgan fingerprint density at radius 3 is 2.13 bits per heavy atom. The Bertz CT molecular complexity index is 812. The van der Waals surface area contributed by atoms with Gasteiger partial charge in [0.1, 0.15) is 6.04 Å². The highest BCUT2D eigenvalue weighted by Crippen LogP contribution is 2.15. The van der Waals surface area contributed by atoms with Gasteiger partial charge in [-0.1, -0.05) is 73.5 Å². The van der Waals surface area contributed by atoms with Crippen molar-refractivity contribution in [1.82, 2.24) is 10.2 Å². The average Bonchev–Trinajstić information content (AvgIpc) is 2.70. The van der Waals surface area contributed by atoms with Gasteiger partial charge in [0.25, 0.3) is 0 Å². The Kier molecular flexibility index (Phi) is 9.10. The summed E-state index contributed by atoms with van der Waals surface area (Å²) in [6.07, 6.45) is 2.50. The van der Waals surface area contributed by atoms with Crippen molar-refractivity contribution in [2.24, 2.45) is 0 Å². The van der Waals surface area contributed by atoms with Crippen LogP contribution in [0.4, 0.5) is 0 Å². The number of amides is 2. The number of hydrogen-bond acceptors (Lipinski definition) is 2. The van der Waals surface area contributed by atoms with E-state index in [9.17, 15) is 9.59 Å². The number of rotatable bonds is 10. The molecule has 0 bridgehead atoms. The van der Waals surface area contributed by atoms with Gasteiger partial charge in [-0.2, -0.15) is 0 Å². The van der Waals surface area contributed by atoms with Crippen LogP contribution in [0.5, 0.6) is 0 Å². The van der Waals surface area contributed by atoms with E-state index < -0.39 is 6.04 Å². The van der Waals surface area contributed by atoms with E-state index in [-0.39, 0.29) is 17.9 Å². The van der Waals surface area contributed by atoms with Crippen molar-refractivity contribution in [2.45, 2.75) is 72.4 Å². The zero-order valence-corrected chi connectivity index (χ0v) is 19.1. The molecule has 0 aromatic heterocycles. The van der Waals surface area contributed by atoms with Crippen molar-refractivity contribution in [3.8, 4) is 0 Å². The van der Waals surface area contributed by atoms with E-state index in [4.69, 9.17) is 0 Å². The number of nitrogens with zero attached hydrogens (tertiary/aromatic N) is 1. The SMILES string of the molecule is CC[C@@H](C)NC(=O)[C@@H](CC)N(CCc1ccccc1)C(=O)Cc1cc(C)cc(C)c1. The second kappa shape index (κ2) is 11.5. The van der Waals surface area contributed by atoms with Crippen LogP contribution in [-0.4, -0.2) is 35.3 Å². The quantitative estimate of drug-likeness (QED) is 0.624. The number of aryl methyl sites for hydroxylation is 2. The van der Waals surface area contributed by atoms with Crippen LogP contribution in [0.3, 0.4) is 0 Å². The van der Waals surface area contributed by atoms with Crippen molar-refractivity contribution in [1.29, 1.82) is 0 Å². The molecular formula is C26H36N2O2. The zero-order chi connectivity index (χ0) is 22.1. The van der Waals surface area contributed by atoms with Crippen LogP contribution in [0.2, 0.25) is 0 Å². The Labute approximate surface area is 181 Å². The predicted molar refractivity (Wildman–Crippen MR) is 123 cm³/mol. The van der Waals surface area contributed by atoms with Crippen molar-refractivity contribution in [2.75, 3.05) is 6.54 Å². The van der Waals surface area contributed by atoms with Crippen molar-refractivity contribution < 1.29 is 9.59 Å². The number of carbonyl (C=O) groups excluding carboxylic acids is 2. The second-order valence-corrected chi connectivity index (χ2v) is 8.24. The molecule has 2 aromatic carbocycles. The summed E-state index contributed by atoms with van der Waals surface area (Å²) in [5, 5.41) is 3.06. The summed E-state index contributed by atoms with van der Waals surface area (Å²) in [5.41, 5.74) is 4.46. The Morgan fingerprint density at radius 1 is 0.933 bits per heavy atom. The molecular weight excluding hydrogens is 372 g/mol. The largest absolute Gasteiger partial charge is 0.352 e. The van der Waals surface area contributed by atoms with Crippen LogP contribution in [0.25, 0.3) is 0 Å². The molecule has 0 unspecified atom stereocenters. The standard InChI is InChI=1S/C26H36N2O2/c1-6-21(5)27-26(30)24(7-2)28(14-13-22-11-9-8-10-12-22)25(29)18-23-16-19(3)15-20(4)17-23/h8-12,15-17,21,24H,6-7,13-14,18H2,1-5H3,(H,27,30)/t21-,24-/m1/s1. The molecule has 0 fully saturated rings. The summed E-state index contributed by atoms with van der Waals surface area (Å²) in [4.78, 5) is 28.1. The van der Waals surface area contributed by atoms with E-state index in [0.717, 1.165) is 29.5 Å². The van der Waals surface area contributed by atoms with Gasteiger partial charge in [0.2, 0.25) is 11.8 Å². The molecule has 30 heavy (non-hydrogen) atoms. The Morgan fingerprint density at radius 2 is 1.57 bits per heavy atom. The lowest BCUT2D eigenvalue weighted by molar-refractivity contribution is -0.140. The normalized spacial score (nSPS) is 12.8. The van der Waals surface area contributed by atoms with E-state index in [1.54, 1.807) is 4.90 Å². The highest BCUT2D eigenvalue weighted by molar-refractivity contribution is 5.88. The summed E-state index contributed by atoms with van der Waals surface area (Å²) in [5.74, 6) is -0.0595. The van der Waals surface area contributed by atoms with E-state index in [2.05, 4.69) is 35.6 Å². The van der Waals surface area contributed by atoms with Gasteiger partial charge < -0.3 is 10.2 Å². The van der Waals surface area contributed by atoms with Crippen molar-refractivity contribution in [3.63, 3.8) is 0 Å². The topological polar surface area (TPSA) is 49.4 Å². The van der Waals surface area contributed by atoms with Gasteiger partial charge in [0.05, 0.1) is 6.42 Å². The van der Waals surface area contributed by atoms with E-state index in [1.165, 1.54) is 5.56 Å². The van der Waals surface area contributed by atoms with Gasteiger partial charge in [-0.05, 0) is 51.2 Å². The lowest BCUT2D eigenvalue weighted by atomic mass is 10.0. The van der Waals surface area contributed by atoms with Crippen LogP contribution in [0.15, 0.2) is 48.5 Å². The Hall–Kier alpha value is -2.62. The molecule has 2 rings (SSSR count). The maximum Gasteiger partial charge on any atom is 0.243 e. The third kappa shape index (κ3) is 7.01. The highest BCUT2D eigenvalue weighted by atomic mass is 16.2. The molecule has 0 aliphatic carbocycles. The molecule has 4 heteroatoms. The minimum atomic E-state index is -0.457. The monoisotopic (exact) mass is 408 g/mol. The molecule has 1 N–H and O–H groups in total. The second-order valence-electron chi connectivity index (χ2n) is 8.24. The molecule has 0 aliphatic heterocycles. The molecule has 2 atom stereocenters. The Balaban J connectivity index is 2.23. The average molecular weight is 409 g/mol. The number of benzene rings is 2. The molecule has 0 aliphatic rings. The van der Waals surface area contributed by atoms with Crippen LogP contribution >= 0.6 is 0 Å². The fraction of sp³-hybridized carbons (Fsp3) is 0.462. The maximum atomic E-state index is 13.4. The summed E-state index contributed by atoms with van der Waals surface area (Å²) in [6, 6.07) is 16.0. The van der Waals surface area contributed by atoms with Crippen LogP contribution in [0.1, 0.15) is 55.9 Å². The van der Waals surface area contributed by atoms with E-state index in [0.29, 0.717) is 19.4 Å². The van der Waals surface area contributed by atoms with Crippen molar-refractivity contribution >= 4 is 11.8 Å². The predicted octanol–water partition coefficient (Wildman–Crippen LogP) is 4.61. The molecule has 0 radical (unpaired) electrons. The van der Waals surface area contributed by atoms with Crippen LogP contribution < -0.4 is 5.32 Å². The first-order valence-electron chi connectivity index (χ1n) is 11.0. The summed E-state index contributed by atoms with van der Waals surface area (Å²) < 4.78 is 0. The van der Waals surface area contributed by atoms with Gasteiger partial charge in [0, 0.05) is 12.6 Å². The minimum Gasteiger partial charge on any atom is -0.352 e. The molecule has 0 saturated carbocycles. The van der Waals surface area contributed by atoms with Gasteiger partial charge in [0.15, 0.2) is 0 Å². The summed E-state index contributed by atoms with van der Waals surface area (Å²) in [6.45, 7) is 10.6. The first-order valence-corrected chi connectivity index (χ1v) is 11.0. The number of carbonyl (C=O) groups is 2.